The van der Waals surface area contributed by atoms with Crippen molar-refractivity contribution in [1.29, 1.82) is 0 Å². The largest absolute Gasteiger partial charge is 0.353 e. The molecule has 35 heavy (non-hydrogen) atoms. The van der Waals surface area contributed by atoms with Gasteiger partial charge < -0.3 is 10.3 Å². The number of aromatic amines is 1. The van der Waals surface area contributed by atoms with Gasteiger partial charge in [-0.25, -0.2) is 22.5 Å². The summed E-state index contributed by atoms with van der Waals surface area (Å²) >= 11 is 0. The van der Waals surface area contributed by atoms with Gasteiger partial charge in [-0.2, -0.15) is 0 Å². The number of para-hydroxylation sites is 1. The zero-order valence-electron chi connectivity index (χ0n) is 18.1. The van der Waals surface area contributed by atoms with Crippen molar-refractivity contribution >= 4 is 33.8 Å². The van der Waals surface area contributed by atoms with E-state index in [9.17, 15) is 22.4 Å². The Balaban J connectivity index is 1.48. The van der Waals surface area contributed by atoms with Crippen LogP contribution >= 0.6 is 0 Å². The van der Waals surface area contributed by atoms with Gasteiger partial charge in [0.25, 0.3) is 0 Å². The lowest BCUT2D eigenvalue weighted by molar-refractivity contribution is -0.116. The summed E-state index contributed by atoms with van der Waals surface area (Å²) in [6.45, 7) is 0.0148. The third-order valence-electron chi connectivity index (χ3n) is 5.44. The molecule has 0 aliphatic heterocycles. The number of aromatic nitrogens is 2. The van der Waals surface area contributed by atoms with Crippen molar-refractivity contribution in [3.05, 3.63) is 107 Å². The van der Waals surface area contributed by atoms with Crippen LogP contribution in [0.1, 0.15) is 11.3 Å². The molecule has 2 aromatic heterocycles. The number of pyridine rings is 1. The number of hydrogen-bond acceptors (Lipinski definition) is 2. The highest BCUT2D eigenvalue weighted by Gasteiger charge is 2.15. The van der Waals surface area contributed by atoms with Gasteiger partial charge in [-0.15, -0.1) is 0 Å². The second-order valence-electron chi connectivity index (χ2n) is 7.97. The van der Waals surface area contributed by atoms with E-state index >= 15 is 0 Å². The summed E-state index contributed by atoms with van der Waals surface area (Å²) in [5.74, 6) is -3.47. The first-order chi connectivity index (χ1) is 16.9. The minimum atomic E-state index is -0.748. The maximum absolute atomic E-state index is 14.0. The minimum Gasteiger partial charge on any atom is -0.353 e. The molecule has 5 rings (SSSR count). The molecule has 0 unspecified atom stereocenters. The monoisotopic (exact) mass is 475 g/mol. The van der Waals surface area contributed by atoms with E-state index < -0.39 is 29.2 Å². The van der Waals surface area contributed by atoms with Gasteiger partial charge in [-0.05, 0) is 48.0 Å². The van der Waals surface area contributed by atoms with Crippen LogP contribution in [0.4, 0.5) is 17.6 Å². The molecule has 4 nitrogen and oxygen atoms in total. The Bertz CT molecular complexity index is 1580. The molecule has 1 amide bonds. The lowest BCUT2D eigenvalue weighted by Gasteiger charge is -2.09. The Hall–Kier alpha value is -4.46. The highest BCUT2D eigenvalue weighted by molar-refractivity contribution is 6.11. The Morgan fingerprint density at radius 2 is 1.51 bits per heavy atom. The van der Waals surface area contributed by atoms with Gasteiger partial charge in [-0.1, -0.05) is 18.2 Å². The second kappa shape index (κ2) is 9.06. The van der Waals surface area contributed by atoms with Crippen LogP contribution < -0.4 is 5.32 Å². The minimum absolute atomic E-state index is 0.0148. The van der Waals surface area contributed by atoms with E-state index in [0.29, 0.717) is 16.9 Å². The molecule has 5 aromatic rings. The summed E-state index contributed by atoms with van der Waals surface area (Å²) in [6, 6.07) is 15.4. The predicted molar refractivity (Wildman–Crippen MR) is 126 cm³/mol. The molecule has 0 saturated carbocycles. The molecule has 0 radical (unpaired) electrons. The van der Waals surface area contributed by atoms with Gasteiger partial charge in [0, 0.05) is 40.1 Å². The standard InChI is InChI=1S/C27H17F4N3O/c28-17-7-15(8-18(29)11-17)5-6-25(35)32-14-21-13-23-22-3-1-2-4-24(22)34-27(23)26(33-21)16-9-19(30)12-20(31)10-16/h1-13,34H,14H2,(H,32,35)/b6-5+. The summed E-state index contributed by atoms with van der Waals surface area (Å²) in [6.07, 6.45) is 2.44. The number of nitrogens with one attached hydrogen (secondary N) is 2. The smallest absolute Gasteiger partial charge is 0.244 e. The predicted octanol–water partition coefficient (Wildman–Crippen LogP) is 6.27. The van der Waals surface area contributed by atoms with Crippen molar-refractivity contribution in [3.63, 3.8) is 0 Å². The first kappa shape index (κ1) is 22.3. The van der Waals surface area contributed by atoms with Crippen LogP contribution in [0, 0.1) is 23.3 Å². The van der Waals surface area contributed by atoms with Crippen LogP contribution in [-0.2, 0) is 11.3 Å². The number of carbonyl (C=O) groups is 1. The van der Waals surface area contributed by atoms with E-state index in [1.165, 1.54) is 18.2 Å². The summed E-state index contributed by atoms with van der Waals surface area (Å²) in [5.41, 5.74) is 2.69. The van der Waals surface area contributed by atoms with E-state index in [0.717, 1.165) is 46.6 Å². The summed E-state index contributed by atoms with van der Waals surface area (Å²) in [4.78, 5) is 20.1. The number of benzene rings is 3. The van der Waals surface area contributed by atoms with Crippen molar-refractivity contribution in [2.24, 2.45) is 0 Å². The number of rotatable bonds is 5. The SMILES string of the molecule is O=C(/C=C/c1cc(F)cc(F)c1)NCc1cc2c([nH]c3ccccc32)c(-c2cc(F)cc(F)c2)n1. The van der Waals surface area contributed by atoms with Crippen LogP contribution in [0.25, 0.3) is 39.1 Å². The summed E-state index contributed by atoms with van der Waals surface area (Å²) < 4.78 is 54.6. The Morgan fingerprint density at radius 1 is 0.857 bits per heavy atom. The molecule has 174 valence electrons. The number of fused-ring (bicyclic) bond motifs is 3. The van der Waals surface area contributed by atoms with Crippen molar-refractivity contribution in [3.8, 4) is 11.3 Å². The van der Waals surface area contributed by atoms with Crippen LogP contribution in [0.15, 0.2) is 72.8 Å². The van der Waals surface area contributed by atoms with E-state index in [4.69, 9.17) is 0 Å². The van der Waals surface area contributed by atoms with Crippen LogP contribution in [-0.4, -0.2) is 15.9 Å². The molecule has 0 saturated heterocycles. The average Bonchev–Trinajstić information content (AvgIpc) is 3.18. The maximum atomic E-state index is 14.0. The average molecular weight is 475 g/mol. The Labute approximate surface area is 196 Å². The van der Waals surface area contributed by atoms with Crippen molar-refractivity contribution in [2.45, 2.75) is 6.54 Å². The van der Waals surface area contributed by atoms with Gasteiger partial charge in [0.1, 0.15) is 23.3 Å². The Morgan fingerprint density at radius 3 is 2.23 bits per heavy atom. The zero-order chi connectivity index (χ0) is 24.5. The zero-order valence-corrected chi connectivity index (χ0v) is 18.1. The molecule has 2 N–H and O–H groups in total. The number of amides is 1. The molecular formula is C27H17F4N3O. The number of nitrogens with zero attached hydrogens (tertiary/aromatic N) is 1. The molecule has 2 heterocycles. The van der Waals surface area contributed by atoms with E-state index in [1.807, 2.05) is 24.3 Å². The molecule has 0 atom stereocenters. The first-order valence-corrected chi connectivity index (χ1v) is 10.6. The van der Waals surface area contributed by atoms with Crippen LogP contribution in [0.3, 0.4) is 0 Å². The third-order valence-corrected chi connectivity index (χ3v) is 5.44. The molecule has 3 aromatic carbocycles. The number of hydrogen-bond donors (Lipinski definition) is 2. The number of carbonyl (C=O) groups excluding carboxylic acids is 1. The molecule has 0 aliphatic carbocycles. The van der Waals surface area contributed by atoms with Gasteiger partial charge in [0.2, 0.25) is 5.91 Å². The van der Waals surface area contributed by atoms with Crippen LogP contribution in [0.5, 0.6) is 0 Å². The molecule has 8 heteroatoms. The number of halogens is 4. The fraction of sp³-hybridized carbons (Fsp3) is 0.0370. The number of H-pyrrole nitrogens is 1. The molecule has 0 fully saturated rings. The molecule has 0 spiro atoms. The summed E-state index contributed by atoms with van der Waals surface area (Å²) in [7, 11) is 0. The molecule has 0 aliphatic rings. The third kappa shape index (κ3) is 4.77. The van der Waals surface area contributed by atoms with E-state index in [2.05, 4.69) is 15.3 Å². The van der Waals surface area contributed by atoms with E-state index in [1.54, 1.807) is 6.07 Å². The van der Waals surface area contributed by atoms with Crippen molar-refractivity contribution in [1.82, 2.24) is 15.3 Å². The second-order valence-corrected chi connectivity index (χ2v) is 7.97. The quantitative estimate of drug-likeness (QED) is 0.233. The van der Waals surface area contributed by atoms with Crippen molar-refractivity contribution in [2.75, 3.05) is 0 Å². The first-order valence-electron chi connectivity index (χ1n) is 10.6. The van der Waals surface area contributed by atoms with Gasteiger partial charge >= 0.3 is 0 Å². The fourth-order valence-electron chi connectivity index (χ4n) is 3.97. The topological polar surface area (TPSA) is 57.8 Å². The van der Waals surface area contributed by atoms with Gasteiger partial charge in [0.15, 0.2) is 0 Å². The maximum Gasteiger partial charge on any atom is 0.244 e. The van der Waals surface area contributed by atoms with Crippen LogP contribution in [0.2, 0.25) is 0 Å². The normalized spacial score (nSPS) is 11.5. The summed E-state index contributed by atoms with van der Waals surface area (Å²) in [5, 5.41) is 4.35. The van der Waals surface area contributed by atoms with E-state index in [-0.39, 0.29) is 17.7 Å². The molecule has 0 bridgehead atoms. The van der Waals surface area contributed by atoms with Gasteiger partial charge in [0.05, 0.1) is 23.4 Å². The van der Waals surface area contributed by atoms with Crippen molar-refractivity contribution < 1.29 is 22.4 Å². The lowest BCUT2D eigenvalue weighted by Crippen LogP contribution is -2.21. The Kier molecular flexibility index (Phi) is 5.78. The molecular weight excluding hydrogens is 458 g/mol. The van der Waals surface area contributed by atoms with Gasteiger partial charge in [-0.3, -0.25) is 4.79 Å². The highest BCUT2D eigenvalue weighted by Crippen LogP contribution is 2.33. The lowest BCUT2D eigenvalue weighted by atomic mass is 10.1. The fourth-order valence-corrected chi connectivity index (χ4v) is 3.97. The highest BCUT2D eigenvalue weighted by atomic mass is 19.1.